The van der Waals surface area contributed by atoms with E-state index in [1.165, 1.54) is 39.2 Å². The first kappa shape index (κ1) is 17.7. The number of nitrogens with zero attached hydrogens (tertiary/aromatic N) is 1. The molecule has 0 aliphatic heterocycles. The van der Waals surface area contributed by atoms with Gasteiger partial charge in [-0.25, -0.2) is 4.79 Å². The lowest BCUT2D eigenvalue weighted by molar-refractivity contribution is 0.0588. The summed E-state index contributed by atoms with van der Waals surface area (Å²) >= 11 is 0. The third kappa shape index (κ3) is 3.83. The van der Waals surface area contributed by atoms with Crippen molar-refractivity contribution in [1.82, 2.24) is 9.88 Å². The smallest absolute Gasteiger partial charge is 0.354 e. The standard InChI is InChI=1S/C18H28N2O3/c1-12-16(13(2)20(3)17(12)18(22)23-4)15(21)11-19-10-14-8-6-5-7-9-14/h14,19H,5-11H2,1-4H3. The van der Waals surface area contributed by atoms with E-state index in [2.05, 4.69) is 5.32 Å². The van der Waals surface area contributed by atoms with Crippen molar-refractivity contribution in [2.75, 3.05) is 20.2 Å². The van der Waals surface area contributed by atoms with Gasteiger partial charge in [0, 0.05) is 18.3 Å². The first-order chi connectivity index (χ1) is 11.0. The van der Waals surface area contributed by atoms with Crippen LogP contribution in [-0.2, 0) is 11.8 Å². The van der Waals surface area contributed by atoms with E-state index < -0.39 is 5.97 Å². The Bertz CT molecular complexity index is 584. The van der Waals surface area contributed by atoms with E-state index in [9.17, 15) is 9.59 Å². The van der Waals surface area contributed by atoms with Gasteiger partial charge in [-0.2, -0.15) is 0 Å². The number of carbonyl (C=O) groups excluding carboxylic acids is 2. The van der Waals surface area contributed by atoms with E-state index in [-0.39, 0.29) is 5.78 Å². The highest BCUT2D eigenvalue weighted by atomic mass is 16.5. The minimum Gasteiger partial charge on any atom is -0.464 e. The highest BCUT2D eigenvalue weighted by Crippen LogP contribution is 2.24. The molecule has 1 aliphatic rings. The summed E-state index contributed by atoms with van der Waals surface area (Å²) in [6.45, 7) is 4.91. The molecule has 1 N–H and O–H groups in total. The predicted molar refractivity (Wildman–Crippen MR) is 90.0 cm³/mol. The van der Waals surface area contributed by atoms with Crippen LogP contribution in [0.4, 0.5) is 0 Å². The van der Waals surface area contributed by atoms with E-state index in [1.54, 1.807) is 11.6 Å². The van der Waals surface area contributed by atoms with Gasteiger partial charge >= 0.3 is 5.97 Å². The van der Waals surface area contributed by atoms with E-state index in [1.807, 2.05) is 13.8 Å². The second-order valence-corrected chi connectivity index (χ2v) is 6.54. The van der Waals surface area contributed by atoms with Crippen LogP contribution in [0.25, 0.3) is 0 Å². The summed E-state index contributed by atoms with van der Waals surface area (Å²) in [4.78, 5) is 24.5. The molecule has 1 fully saturated rings. The molecule has 1 heterocycles. The Morgan fingerprint density at radius 2 is 1.87 bits per heavy atom. The Kier molecular flexibility index (Phi) is 5.99. The van der Waals surface area contributed by atoms with Crippen LogP contribution in [0.5, 0.6) is 0 Å². The summed E-state index contributed by atoms with van der Waals surface area (Å²) in [5.41, 5.74) is 2.62. The molecule has 1 saturated carbocycles. The van der Waals surface area contributed by atoms with E-state index in [0.29, 0.717) is 29.3 Å². The van der Waals surface area contributed by atoms with Crippen molar-refractivity contribution in [2.45, 2.75) is 46.0 Å². The maximum atomic E-state index is 12.6. The van der Waals surface area contributed by atoms with Gasteiger partial charge in [-0.3, -0.25) is 4.79 Å². The monoisotopic (exact) mass is 320 g/mol. The van der Waals surface area contributed by atoms with Crippen molar-refractivity contribution in [3.05, 3.63) is 22.5 Å². The Morgan fingerprint density at radius 1 is 1.22 bits per heavy atom. The Balaban J connectivity index is 2.03. The van der Waals surface area contributed by atoms with E-state index >= 15 is 0 Å². The normalized spacial score (nSPS) is 15.7. The van der Waals surface area contributed by atoms with Crippen molar-refractivity contribution in [3.63, 3.8) is 0 Å². The number of Topliss-reactive ketones (excluding diaryl/α,β-unsaturated/α-hetero) is 1. The van der Waals surface area contributed by atoms with Crippen molar-refractivity contribution >= 4 is 11.8 Å². The summed E-state index contributed by atoms with van der Waals surface area (Å²) in [7, 11) is 3.15. The van der Waals surface area contributed by atoms with Gasteiger partial charge in [-0.15, -0.1) is 0 Å². The number of ether oxygens (including phenoxy) is 1. The lowest BCUT2D eigenvalue weighted by atomic mass is 9.89. The summed E-state index contributed by atoms with van der Waals surface area (Å²) in [6, 6.07) is 0. The van der Waals surface area contributed by atoms with Crippen LogP contribution >= 0.6 is 0 Å². The Morgan fingerprint density at radius 3 is 2.48 bits per heavy atom. The fourth-order valence-corrected chi connectivity index (χ4v) is 3.64. The molecule has 0 saturated heterocycles. The van der Waals surface area contributed by atoms with Crippen molar-refractivity contribution in [3.8, 4) is 0 Å². The average molecular weight is 320 g/mol. The van der Waals surface area contributed by atoms with Crippen LogP contribution in [0.3, 0.4) is 0 Å². The summed E-state index contributed by atoms with van der Waals surface area (Å²) < 4.78 is 6.57. The quantitative estimate of drug-likeness (QED) is 0.647. The SMILES string of the molecule is COC(=O)c1c(C)c(C(=O)CNCC2CCCCC2)c(C)n1C. The van der Waals surface area contributed by atoms with Gasteiger partial charge in [0.2, 0.25) is 0 Å². The van der Waals surface area contributed by atoms with Crippen LogP contribution in [-0.4, -0.2) is 36.5 Å². The minimum absolute atomic E-state index is 0.0431. The maximum Gasteiger partial charge on any atom is 0.354 e. The number of ketones is 1. The third-order valence-electron chi connectivity index (χ3n) is 5.03. The molecular weight excluding hydrogens is 292 g/mol. The van der Waals surface area contributed by atoms with Crippen molar-refractivity contribution in [2.24, 2.45) is 13.0 Å². The van der Waals surface area contributed by atoms with Crippen LogP contribution in [0.1, 0.15) is 64.2 Å². The molecule has 2 rings (SSSR count). The fourth-order valence-electron chi connectivity index (χ4n) is 3.64. The van der Waals surface area contributed by atoms with Crippen LogP contribution < -0.4 is 5.32 Å². The number of hydrogen-bond donors (Lipinski definition) is 1. The number of esters is 1. The molecule has 0 unspecified atom stereocenters. The fraction of sp³-hybridized carbons (Fsp3) is 0.667. The zero-order valence-corrected chi connectivity index (χ0v) is 14.7. The molecular formula is C18H28N2O3. The molecule has 23 heavy (non-hydrogen) atoms. The highest BCUT2D eigenvalue weighted by molar-refractivity contribution is 6.03. The summed E-state index contributed by atoms with van der Waals surface area (Å²) in [5.74, 6) is 0.337. The number of aromatic nitrogens is 1. The second-order valence-electron chi connectivity index (χ2n) is 6.54. The number of hydrogen-bond acceptors (Lipinski definition) is 4. The van der Waals surface area contributed by atoms with Gasteiger partial charge in [0.25, 0.3) is 0 Å². The van der Waals surface area contributed by atoms with Gasteiger partial charge in [-0.1, -0.05) is 19.3 Å². The molecule has 0 aromatic carbocycles. The lowest BCUT2D eigenvalue weighted by Gasteiger charge is -2.21. The number of methoxy groups -OCH3 is 1. The first-order valence-electron chi connectivity index (χ1n) is 8.45. The van der Waals surface area contributed by atoms with Crippen LogP contribution in [0, 0.1) is 19.8 Å². The molecule has 0 radical (unpaired) electrons. The molecule has 5 nitrogen and oxygen atoms in total. The number of nitrogens with one attached hydrogen (secondary N) is 1. The van der Waals surface area contributed by atoms with E-state index in [0.717, 1.165) is 12.2 Å². The van der Waals surface area contributed by atoms with Gasteiger partial charge < -0.3 is 14.6 Å². The Hall–Kier alpha value is -1.62. The number of rotatable bonds is 6. The molecule has 1 aromatic rings. The first-order valence-corrected chi connectivity index (χ1v) is 8.45. The summed E-state index contributed by atoms with van der Waals surface area (Å²) in [5, 5.41) is 3.30. The average Bonchev–Trinajstić information content (AvgIpc) is 2.77. The largest absolute Gasteiger partial charge is 0.464 e. The van der Waals surface area contributed by atoms with Crippen LogP contribution in [0.2, 0.25) is 0 Å². The van der Waals surface area contributed by atoms with Crippen molar-refractivity contribution in [1.29, 1.82) is 0 Å². The van der Waals surface area contributed by atoms with Gasteiger partial charge in [0.15, 0.2) is 5.78 Å². The van der Waals surface area contributed by atoms with Gasteiger partial charge in [-0.05, 0) is 44.7 Å². The molecule has 0 atom stereocenters. The molecule has 1 aliphatic carbocycles. The summed E-state index contributed by atoms with van der Waals surface area (Å²) in [6.07, 6.45) is 6.47. The minimum atomic E-state index is -0.401. The molecule has 5 heteroatoms. The zero-order valence-electron chi connectivity index (χ0n) is 14.7. The maximum absolute atomic E-state index is 12.6. The van der Waals surface area contributed by atoms with Gasteiger partial charge in [0.1, 0.15) is 5.69 Å². The highest BCUT2D eigenvalue weighted by Gasteiger charge is 2.25. The molecule has 0 bridgehead atoms. The lowest BCUT2D eigenvalue weighted by Crippen LogP contribution is -2.29. The topological polar surface area (TPSA) is 60.3 Å². The molecule has 0 spiro atoms. The van der Waals surface area contributed by atoms with E-state index in [4.69, 9.17) is 4.74 Å². The Labute approximate surface area is 138 Å². The third-order valence-corrected chi connectivity index (χ3v) is 5.03. The number of carbonyl (C=O) groups is 2. The molecule has 1 aromatic heterocycles. The molecule has 128 valence electrons. The molecule has 0 amide bonds. The predicted octanol–water partition coefficient (Wildman–Crippen LogP) is 2.78. The zero-order chi connectivity index (χ0) is 17.0. The van der Waals surface area contributed by atoms with Crippen LogP contribution in [0.15, 0.2) is 0 Å². The second kappa shape index (κ2) is 7.77. The van der Waals surface area contributed by atoms with Gasteiger partial charge in [0.05, 0.1) is 13.7 Å². The van der Waals surface area contributed by atoms with Crippen molar-refractivity contribution < 1.29 is 14.3 Å².